The van der Waals surface area contributed by atoms with Crippen molar-refractivity contribution in [2.75, 3.05) is 0 Å². The quantitative estimate of drug-likeness (QED) is 0.684. The molecule has 2 radical (unpaired) electrons. The number of hydrogen-bond acceptors (Lipinski definition) is 0. The molecule has 0 aliphatic heterocycles. The Morgan fingerprint density at radius 1 is 0.600 bits per heavy atom. The van der Waals surface area contributed by atoms with Gasteiger partial charge in [0, 0.05) is 37.1 Å². The Labute approximate surface area is 114 Å². The smallest absolute Gasteiger partial charge is 0 e. The second kappa shape index (κ2) is 23.8. The van der Waals surface area contributed by atoms with Gasteiger partial charge >= 0.3 is 0 Å². The molecular formula is C8H10O5V2-10. The van der Waals surface area contributed by atoms with Gasteiger partial charge in [0.1, 0.15) is 0 Å². The van der Waals surface area contributed by atoms with Crippen LogP contribution in [-0.2, 0) is 64.5 Å². The minimum Gasteiger partial charge on any atom is -2.00 e. The molecule has 0 saturated carbocycles. The number of aryl methyl sites for hydroxylation is 2. The summed E-state index contributed by atoms with van der Waals surface area (Å²) in [6.07, 6.45) is 0. The van der Waals surface area contributed by atoms with Crippen molar-refractivity contribution in [2.45, 2.75) is 13.8 Å². The van der Waals surface area contributed by atoms with Gasteiger partial charge in [-0.2, -0.15) is 0 Å². The van der Waals surface area contributed by atoms with Gasteiger partial charge in [0.15, 0.2) is 0 Å². The van der Waals surface area contributed by atoms with Gasteiger partial charge in [0.2, 0.25) is 0 Å². The predicted octanol–water partition coefficient (Wildman–Crippen LogP) is 1.70. The molecule has 7 heteroatoms. The second-order valence-corrected chi connectivity index (χ2v) is 2.08. The van der Waals surface area contributed by atoms with Gasteiger partial charge in [-0.3, -0.25) is 0 Å². The minimum absolute atomic E-state index is 0. The van der Waals surface area contributed by atoms with E-state index in [-0.39, 0.29) is 64.5 Å². The van der Waals surface area contributed by atoms with E-state index in [2.05, 4.69) is 38.1 Å². The van der Waals surface area contributed by atoms with Gasteiger partial charge in [-0.15, -0.1) is 0 Å². The Morgan fingerprint density at radius 3 is 0.933 bits per heavy atom. The summed E-state index contributed by atoms with van der Waals surface area (Å²) < 4.78 is 0. The third kappa shape index (κ3) is 16.8. The van der Waals surface area contributed by atoms with Crippen LogP contribution in [0.25, 0.3) is 0 Å². The Kier molecular flexibility index (Phi) is 72.3. The molecule has 0 saturated heterocycles. The molecule has 1 aromatic rings. The fourth-order valence-electron chi connectivity index (χ4n) is 0.663. The fourth-order valence-corrected chi connectivity index (χ4v) is 0.663. The topological polar surface area (TPSA) is 142 Å². The van der Waals surface area contributed by atoms with Gasteiger partial charge in [0.25, 0.3) is 0 Å². The first-order valence-corrected chi connectivity index (χ1v) is 2.83. The van der Waals surface area contributed by atoms with E-state index in [9.17, 15) is 0 Å². The van der Waals surface area contributed by atoms with Crippen LogP contribution in [0.2, 0.25) is 0 Å². The van der Waals surface area contributed by atoms with Crippen LogP contribution in [0.4, 0.5) is 0 Å². The zero-order valence-electron chi connectivity index (χ0n) is 8.25. The largest absolute Gasteiger partial charge is 2.00 e. The van der Waals surface area contributed by atoms with Gasteiger partial charge in [-0.05, 0) is 25.0 Å². The molecule has 0 aromatic heterocycles. The van der Waals surface area contributed by atoms with Gasteiger partial charge < -0.3 is 27.4 Å². The van der Waals surface area contributed by atoms with Crippen LogP contribution < -0.4 is 0 Å². The molecular weight excluding hydrogens is 278 g/mol. The van der Waals surface area contributed by atoms with Crippen LogP contribution in [0.5, 0.6) is 0 Å². The maximum absolute atomic E-state index is 2.12. The summed E-state index contributed by atoms with van der Waals surface area (Å²) in [7, 11) is 0. The first-order valence-electron chi connectivity index (χ1n) is 2.83. The van der Waals surface area contributed by atoms with E-state index in [0.29, 0.717) is 0 Å². The van der Waals surface area contributed by atoms with Crippen LogP contribution in [0.1, 0.15) is 11.1 Å². The molecule has 0 atom stereocenters. The van der Waals surface area contributed by atoms with E-state index in [1.807, 2.05) is 0 Å². The van der Waals surface area contributed by atoms with Crippen LogP contribution >= 0.6 is 0 Å². The summed E-state index contributed by atoms with van der Waals surface area (Å²) in [6, 6.07) is 8.36. The molecule has 0 amide bonds. The van der Waals surface area contributed by atoms with Crippen LogP contribution in [-0.4, -0.2) is 0 Å². The normalized spacial score (nSPS) is 4.93. The average molecular weight is 288 g/mol. The van der Waals surface area contributed by atoms with Crippen molar-refractivity contribution in [3.8, 4) is 0 Å². The average Bonchev–Trinajstić information content (AvgIpc) is 1.77. The van der Waals surface area contributed by atoms with Crippen molar-refractivity contribution in [1.82, 2.24) is 0 Å². The molecule has 0 N–H and O–H groups in total. The van der Waals surface area contributed by atoms with E-state index >= 15 is 0 Å². The molecule has 0 aliphatic carbocycles. The number of rotatable bonds is 0. The van der Waals surface area contributed by atoms with Gasteiger partial charge in [0.05, 0.1) is 0 Å². The van der Waals surface area contributed by atoms with Crippen molar-refractivity contribution in [1.29, 1.82) is 0 Å². The molecule has 92 valence electrons. The third-order valence-electron chi connectivity index (χ3n) is 1.43. The summed E-state index contributed by atoms with van der Waals surface area (Å²) in [5, 5.41) is 0. The Bertz CT molecular complexity index is 177. The first kappa shape index (κ1) is 45.6. The molecule has 0 aliphatic rings. The Morgan fingerprint density at radius 2 is 0.800 bits per heavy atom. The molecule has 15 heavy (non-hydrogen) atoms. The monoisotopic (exact) mass is 288 g/mol. The molecule has 0 unspecified atom stereocenters. The zero-order chi connectivity index (χ0) is 5.98. The van der Waals surface area contributed by atoms with E-state index in [0.717, 1.165) is 0 Å². The van der Waals surface area contributed by atoms with Crippen LogP contribution in [0.15, 0.2) is 24.3 Å². The molecule has 0 spiro atoms. The predicted molar refractivity (Wildman–Crippen MR) is 39.3 cm³/mol. The van der Waals surface area contributed by atoms with Crippen LogP contribution in [0.3, 0.4) is 0 Å². The fraction of sp³-hybridized carbons (Fsp3) is 0.250. The third-order valence-corrected chi connectivity index (χ3v) is 1.43. The maximum atomic E-state index is 2.12. The molecule has 1 aromatic carbocycles. The van der Waals surface area contributed by atoms with E-state index < -0.39 is 0 Å². The zero-order valence-corrected chi connectivity index (χ0v) is 11.0. The first-order chi connectivity index (χ1) is 3.80. The molecule has 0 bridgehead atoms. The SMILES string of the molecule is Cc1ccccc1C.[O-2].[O-2].[O-2].[O-2].[O-2].[V].[V]. The summed E-state index contributed by atoms with van der Waals surface area (Å²) in [6.45, 7) is 4.24. The van der Waals surface area contributed by atoms with Crippen molar-refractivity contribution in [3.05, 3.63) is 35.4 Å². The van der Waals surface area contributed by atoms with Gasteiger partial charge in [-0.1, -0.05) is 24.3 Å². The van der Waals surface area contributed by atoms with Gasteiger partial charge in [-0.25, -0.2) is 0 Å². The summed E-state index contributed by atoms with van der Waals surface area (Å²) in [5.41, 5.74) is 2.74. The molecule has 5 nitrogen and oxygen atoms in total. The number of benzene rings is 1. The maximum Gasteiger partial charge on any atom is 0 e. The van der Waals surface area contributed by atoms with Crippen molar-refractivity contribution >= 4 is 0 Å². The molecule has 1 rings (SSSR count). The molecule has 0 heterocycles. The van der Waals surface area contributed by atoms with E-state index in [4.69, 9.17) is 0 Å². The minimum atomic E-state index is 0. The van der Waals surface area contributed by atoms with E-state index in [1.54, 1.807) is 0 Å². The molecule has 0 fully saturated rings. The Balaban J connectivity index is -0.0000000183. The summed E-state index contributed by atoms with van der Waals surface area (Å²) in [4.78, 5) is 0. The Hall–Kier alpha value is 0.189. The summed E-state index contributed by atoms with van der Waals surface area (Å²) in [5.74, 6) is 0. The standard InChI is InChI=1S/C8H10.5O.2V/c1-7-5-3-4-6-8(7)2;;;;;;;/h3-6H,1-2H3;;;;;;;/q;5*-2;;. The van der Waals surface area contributed by atoms with Crippen molar-refractivity contribution in [3.63, 3.8) is 0 Å². The second-order valence-electron chi connectivity index (χ2n) is 2.08. The van der Waals surface area contributed by atoms with Crippen molar-refractivity contribution in [2.24, 2.45) is 0 Å². The number of hydrogen-bond donors (Lipinski definition) is 0. The van der Waals surface area contributed by atoms with E-state index in [1.165, 1.54) is 11.1 Å². The summed E-state index contributed by atoms with van der Waals surface area (Å²) >= 11 is 0. The van der Waals surface area contributed by atoms with Crippen molar-refractivity contribution < 1.29 is 64.5 Å². The van der Waals surface area contributed by atoms with Crippen LogP contribution in [0, 0.1) is 13.8 Å².